The van der Waals surface area contributed by atoms with Crippen LogP contribution in [-0.2, 0) is 9.59 Å². The summed E-state index contributed by atoms with van der Waals surface area (Å²) in [6, 6.07) is 0. The molecule has 2 N–H and O–H groups in total. The van der Waals surface area contributed by atoms with Crippen molar-refractivity contribution < 1.29 is 14.7 Å². The molecule has 0 radical (unpaired) electrons. The van der Waals surface area contributed by atoms with Gasteiger partial charge in [-0.1, -0.05) is 20.3 Å². The smallest absolute Gasteiger partial charge is 0.307 e. The van der Waals surface area contributed by atoms with E-state index in [1.807, 2.05) is 0 Å². The SMILES string of the molecule is CC(C)(CNC(=O)C1CC1C(=O)O)C1CCC1. The van der Waals surface area contributed by atoms with Gasteiger partial charge >= 0.3 is 5.97 Å². The summed E-state index contributed by atoms with van der Waals surface area (Å²) in [5.74, 6) is -0.947. The molecule has 2 saturated carbocycles. The highest BCUT2D eigenvalue weighted by molar-refractivity contribution is 5.89. The van der Waals surface area contributed by atoms with Gasteiger partial charge in [-0.05, 0) is 30.6 Å². The number of hydrogen-bond donors (Lipinski definition) is 2. The van der Waals surface area contributed by atoms with Crippen molar-refractivity contribution in [3.63, 3.8) is 0 Å². The fourth-order valence-electron chi connectivity index (χ4n) is 2.54. The van der Waals surface area contributed by atoms with Crippen molar-refractivity contribution in [2.75, 3.05) is 6.54 Å². The number of aliphatic carboxylic acids is 1. The van der Waals surface area contributed by atoms with E-state index in [1.54, 1.807) is 0 Å². The quantitative estimate of drug-likeness (QED) is 0.766. The number of nitrogens with one attached hydrogen (secondary N) is 1. The Hall–Kier alpha value is -1.06. The summed E-state index contributed by atoms with van der Waals surface area (Å²) in [6.07, 6.45) is 4.31. The van der Waals surface area contributed by atoms with Crippen LogP contribution in [0, 0.1) is 23.2 Å². The van der Waals surface area contributed by atoms with Crippen molar-refractivity contribution in [1.29, 1.82) is 0 Å². The Bertz CT molecular complexity index is 334. The highest BCUT2D eigenvalue weighted by Crippen LogP contribution is 2.42. The minimum atomic E-state index is -0.844. The van der Waals surface area contributed by atoms with Crippen LogP contribution >= 0.6 is 0 Å². The summed E-state index contributed by atoms with van der Waals surface area (Å²) in [4.78, 5) is 22.4. The molecule has 0 aliphatic heterocycles. The highest BCUT2D eigenvalue weighted by atomic mass is 16.4. The molecule has 4 heteroatoms. The standard InChI is InChI=1S/C13H21NO3/c1-13(2,8-4-3-5-8)7-14-11(15)9-6-10(9)12(16)17/h8-10H,3-7H2,1-2H3,(H,14,15)(H,16,17). The lowest BCUT2D eigenvalue weighted by molar-refractivity contribution is -0.140. The van der Waals surface area contributed by atoms with Crippen LogP contribution in [0.15, 0.2) is 0 Å². The third-order valence-electron chi connectivity index (χ3n) is 4.37. The van der Waals surface area contributed by atoms with Crippen LogP contribution in [0.5, 0.6) is 0 Å². The van der Waals surface area contributed by atoms with Gasteiger partial charge in [-0.25, -0.2) is 0 Å². The molecule has 17 heavy (non-hydrogen) atoms. The van der Waals surface area contributed by atoms with Crippen LogP contribution in [0.3, 0.4) is 0 Å². The lowest BCUT2D eigenvalue weighted by Crippen LogP contribution is -2.41. The van der Waals surface area contributed by atoms with E-state index in [0.29, 0.717) is 18.9 Å². The molecule has 0 aromatic rings. The van der Waals surface area contributed by atoms with Gasteiger partial charge in [-0.15, -0.1) is 0 Å². The van der Waals surface area contributed by atoms with Gasteiger partial charge in [0.2, 0.25) is 5.91 Å². The maximum Gasteiger partial charge on any atom is 0.307 e. The van der Waals surface area contributed by atoms with Gasteiger partial charge in [0.15, 0.2) is 0 Å². The third-order valence-corrected chi connectivity index (χ3v) is 4.37. The number of rotatable bonds is 5. The number of hydrogen-bond acceptors (Lipinski definition) is 2. The maximum atomic E-state index is 11.7. The van der Waals surface area contributed by atoms with E-state index in [0.717, 1.165) is 0 Å². The second kappa shape index (κ2) is 4.31. The monoisotopic (exact) mass is 239 g/mol. The van der Waals surface area contributed by atoms with Crippen molar-refractivity contribution in [2.24, 2.45) is 23.2 Å². The van der Waals surface area contributed by atoms with E-state index in [2.05, 4.69) is 19.2 Å². The van der Waals surface area contributed by atoms with Crippen LogP contribution in [0.2, 0.25) is 0 Å². The third kappa shape index (κ3) is 2.61. The summed E-state index contributed by atoms with van der Waals surface area (Å²) >= 11 is 0. The molecule has 4 nitrogen and oxygen atoms in total. The molecule has 0 heterocycles. The Morgan fingerprint density at radius 3 is 2.35 bits per heavy atom. The van der Waals surface area contributed by atoms with E-state index in [4.69, 9.17) is 5.11 Å². The normalized spacial score (nSPS) is 28.4. The lowest BCUT2D eigenvalue weighted by Gasteiger charge is -2.40. The van der Waals surface area contributed by atoms with Gasteiger partial charge in [0.25, 0.3) is 0 Å². The van der Waals surface area contributed by atoms with Gasteiger partial charge < -0.3 is 10.4 Å². The number of carboxylic acids is 1. The Labute approximate surface area is 102 Å². The second-order valence-electron chi connectivity index (χ2n) is 6.12. The van der Waals surface area contributed by atoms with Gasteiger partial charge in [-0.3, -0.25) is 9.59 Å². The molecule has 0 aromatic carbocycles. The van der Waals surface area contributed by atoms with Crippen molar-refractivity contribution in [3.05, 3.63) is 0 Å². The number of carbonyl (C=O) groups excluding carboxylic acids is 1. The first-order valence-electron chi connectivity index (χ1n) is 6.42. The number of amides is 1. The average Bonchev–Trinajstić information content (AvgIpc) is 2.89. The molecule has 2 aliphatic rings. The van der Waals surface area contributed by atoms with Gasteiger partial charge in [0, 0.05) is 6.54 Å². The molecule has 2 rings (SSSR count). The van der Waals surface area contributed by atoms with Gasteiger partial charge in [-0.2, -0.15) is 0 Å². The van der Waals surface area contributed by atoms with Crippen LogP contribution in [0.4, 0.5) is 0 Å². The molecule has 96 valence electrons. The predicted molar refractivity (Wildman–Crippen MR) is 63.4 cm³/mol. The van der Waals surface area contributed by atoms with E-state index in [1.165, 1.54) is 19.3 Å². The highest BCUT2D eigenvalue weighted by Gasteiger charge is 2.48. The zero-order valence-electron chi connectivity index (χ0n) is 10.5. The molecule has 2 fully saturated rings. The van der Waals surface area contributed by atoms with E-state index in [-0.39, 0.29) is 17.2 Å². The number of carbonyl (C=O) groups is 2. The summed E-state index contributed by atoms with van der Waals surface area (Å²) in [5.41, 5.74) is 0.140. The molecule has 2 aliphatic carbocycles. The Morgan fingerprint density at radius 1 is 1.29 bits per heavy atom. The van der Waals surface area contributed by atoms with Crippen molar-refractivity contribution in [1.82, 2.24) is 5.32 Å². The van der Waals surface area contributed by atoms with Crippen molar-refractivity contribution in [3.8, 4) is 0 Å². The number of carboxylic acid groups (broad SMARTS) is 1. The molecule has 2 atom stereocenters. The minimum Gasteiger partial charge on any atom is -0.481 e. The average molecular weight is 239 g/mol. The predicted octanol–water partition coefficient (Wildman–Crippen LogP) is 1.65. The zero-order chi connectivity index (χ0) is 12.6. The molecular formula is C13H21NO3. The van der Waals surface area contributed by atoms with E-state index in [9.17, 15) is 9.59 Å². The maximum absolute atomic E-state index is 11.7. The molecule has 2 unspecified atom stereocenters. The molecule has 0 saturated heterocycles. The molecular weight excluding hydrogens is 218 g/mol. The van der Waals surface area contributed by atoms with Crippen LogP contribution in [0.25, 0.3) is 0 Å². The minimum absolute atomic E-state index is 0.0789. The van der Waals surface area contributed by atoms with Crippen molar-refractivity contribution in [2.45, 2.75) is 39.5 Å². The summed E-state index contributed by atoms with van der Waals surface area (Å²) in [7, 11) is 0. The van der Waals surface area contributed by atoms with Crippen LogP contribution in [-0.4, -0.2) is 23.5 Å². The zero-order valence-corrected chi connectivity index (χ0v) is 10.5. The molecule has 0 spiro atoms. The molecule has 1 amide bonds. The van der Waals surface area contributed by atoms with Crippen molar-refractivity contribution >= 4 is 11.9 Å². The first-order valence-corrected chi connectivity index (χ1v) is 6.42. The largest absolute Gasteiger partial charge is 0.481 e. The Balaban J connectivity index is 1.75. The fourth-order valence-corrected chi connectivity index (χ4v) is 2.54. The van der Waals surface area contributed by atoms with Crippen LogP contribution in [0.1, 0.15) is 39.5 Å². The fraction of sp³-hybridized carbons (Fsp3) is 0.846. The van der Waals surface area contributed by atoms with Gasteiger partial charge in [0.05, 0.1) is 11.8 Å². The van der Waals surface area contributed by atoms with Gasteiger partial charge in [0.1, 0.15) is 0 Å². The Kier molecular flexibility index (Phi) is 3.15. The van der Waals surface area contributed by atoms with Crippen LogP contribution < -0.4 is 5.32 Å². The lowest BCUT2D eigenvalue weighted by atomic mass is 9.67. The van der Waals surface area contributed by atoms with E-state index < -0.39 is 11.9 Å². The first kappa shape index (κ1) is 12.4. The second-order valence-corrected chi connectivity index (χ2v) is 6.12. The topological polar surface area (TPSA) is 66.4 Å². The molecule has 0 aromatic heterocycles. The van der Waals surface area contributed by atoms with E-state index >= 15 is 0 Å². The summed E-state index contributed by atoms with van der Waals surface area (Å²) < 4.78 is 0. The first-order chi connectivity index (χ1) is 7.92. The summed E-state index contributed by atoms with van der Waals surface area (Å²) in [5, 5.41) is 11.7. The Morgan fingerprint density at radius 2 is 1.94 bits per heavy atom. The summed E-state index contributed by atoms with van der Waals surface area (Å²) in [6.45, 7) is 5.02. The molecule has 0 bridgehead atoms.